The second-order valence-corrected chi connectivity index (χ2v) is 4.01. The molecule has 0 atom stereocenters. The van der Waals surface area contributed by atoms with Crippen LogP contribution in [0, 0.1) is 5.92 Å². The van der Waals surface area contributed by atoms with Gasteiger partial charge in [-0.1, -0.05) is 0 Å². The first-order chi connectivity index (χ1) is 7.88. The number of pyridine rings is 1. The number of ether oxygens (including phenoxy) is 2. The van der Waals surface area contributed by atoms with Crippen LogP contribution in [0.5, 0.6) is 5.75 Å². The third-order valence-electron chi connectivity index (χ3n) is 2.78. The van der Waals surface area contributed by atoms with E-state index in [1.165, 1.54) is 0 Å². The molecular formula is C12H17NO3. The largest absolute Gasteiger partial charge is 0.493 e. The minimum Gasteiger partial charge on any atom is -0.493 e. The highest BCUT2D eigenvalue weighted by atomic mass is 16.5. The summed E-state index contributed by atoms with van der Waals surface area (Å²) in [5.41, 5.74) is 0.643. The standard InChI is InChI=1S/C12H17NO3/c14-8-11-7-12(1-4-13-11)16-9-10-2-5-15-6-3-10/h1,4,7,10,14H,2-3,5-6,8-9H2. The number of aliphatic hydroxyl groups is 1. The second-order valence-electron chi connectivity index (χ2n) is 4.01. The Kier molecular flexibility index (Phi) is 4.13. The molecule has 88 valence electrons. The molecule has 1 fully saturated rings. The topological polar surface area (TPSA) is 51.6 Å². The van der Waals surface area contributed by atoms with E-state index in [0.29, 0.717) is 11.6 Å². The molecule has 0 bridgehead atoms. The SMILES string of the molecule is OCc1cc(OCC2CCOCC2)ccn1. The number of hydrogen-bond donors (Lipinski definition) is 1. The van der Waals surface area contributed by atoms with Gasteiger partial charge in [-0.3, -0.25) is 4.98 Å². The lowest BCUT2D eigenvalue weighted by Crippen LogP contribution is -2.21. The van der Waals surface area contributed by atoms with Gasteiger partial charge in [0, 0.05) is 25.5 Å². The number of hydrogen-bond acceptors (Lipinski definition) is 4. The predicted octanol–water partition coefficient (Wildman–Crippen LogP) is 1.38. The molecule has 0 amide bonds. The van der Waals surface area contributed by atoms with Crippen molar-refractivity contribution in [2.75, 3.05) is 19.8 Å². The van der Waals surface area contributed by atoms with Crippen LogP contribution in [0.3, 0.4) is 0 Å². The zero-order valence-corrected chi connectivity index (χ0v) is 9.26. The molecule has 0 spiro atoms. The average Bonchev–Trinajstić information content (AvgIpc) is 2.38. The second kappa shape index (κ2) is 5.82. The predicted molar refractivity (Wildman–Crippen MR) is 59.2 cm³/mol. The maximum atomic E-state index is 8.94. The molecule has 2 rings (SSSR count). The smallest absolute Gasteiger partial charge is 0.122 e. The van der Waals surface area contributed by atoms with Crippen LogP contribution in [0.15, 0.2) is 18.3 Å². The first-order valence-electron chi connectivity index (χ1n) is 5.65. The Bertz CT molecular complexity index is 324. The van der Waals surface area contributed by atoms with E-state index in [0.717, 1.165) is 38.4 Å². The summed E-state index contributed by atoms with van der Waals surface area (Å²) in [5, 5.41) is 8.94. The molecule has 4 nitrogen and oxygen atoms in total. The number of aromatic nitrogens is 1. The van der Waals surface area contributed by atoms with Gasteiger partial charge in [0.05, 0.1) is 18.9 Å². The van der Waals surface area contributed by atoms with Crippen molar-refractivity contribution in [2.24, 2.45) is 5.92 Å². The molecule has 1 aromatic heterocycles. The number of aliphatic hydroxyl groups excluding tert-OH is 1. The summed E-state index contributed by atoms with van der Waals surface area (Å²) in [6.07, 6.45) is 3.79. The summed E-state index contributed by atoms with van der Waals surface area (Å²) in [4.78, 5) is 4.00. The third-order valence-corrected chi connectivity index (χ3v) is 2.78. The molecule has 4 heteroatoms. The van der Waals surface area contributed by atoms with Gasteiger partial charge in [-0.05, 0) is 24.8 Å². The quantitative estimate of drug-likeness (QED) is 0.837. The fraction of sp³-hybridized carbons (Fsp3) is 0.583. The van der Waals surface area contributed by atoms with Gasteiger partial charge in [0.2, 0.25) is 0 Å². The van der Waals surface area contributed by atoms with Crippen molar-refractivity contribution in [1.82, 2.24) is 4.98 Å². The van der Waals surface area contributed by atoms with Crippen LogP contribution in [0.2, 0.25) is 0 Å². The molecule has 0 radical (unpaired) electrons. The fourth-order valence-corrected chi connectivity index (χ4v) is 1.76. The van der Waals surface area contributed by atoms with Gasteiger partial charge in [0.1, 0.15) is 5.75 Å². The Labute approximate surface area is 95.2 Å². The lowest BCUT2D eigenvalue weighted by Gasteiger charge is -2.22. The number of rotatable bonds is 4. The molecule has 1 N–H and O–H groups in total. The van der Waals surface area contributed by atoms with Crippen molar-refractivity contribution in [1.29, 1.82) is 0 Å². The summed E-state index contributed by atoms with van der Waals surface area (Å²) in [6, 6.07) is 3.60. The van der Waals surface area contributed by atoms with Crippen LogP contribution in [0.25, 0.3) is 0 Å². The summed E-state index contributed by atoms with van der Waals surface area (Å²) in [6.45, 7) is 2.35. The van der Waals surface area contributed by atoms with Gasteiger partial charge in [-0.2, -0.15) is 0 Å². The zero-order chi connectivity index (χ0) is 11.2. The van der Waals surface area contributed by atoms with Gasteiger partial charge < -0.3 is 14.6 Å². The van der Waals surface area contributed by atoms with Crippen LogP contribution in [-0.4, -0.2) is 29.9 Å². The molecule has 1 aromatic rings. The molecule has 0 saturated carbocycles. The lowest BCUT2D eigenvalue weighted by molar-refractivity contribution is 0.0497. The van der Waals surface area contributed by atoms with E-state index in [4.69, 9.17) is 14.6 Å². The molecule has 1 aliphatic heterocycles. The van der Waals surface area contributed by atoms with Gasteiger partial charge in [0.15, 0.2) is 0 Å². The maximum Gasteiger partial charge on any atom is 0.122 e. The van der Waals surface area contributed by atoms with Crippen LogP contribution in [0.1, 0.15) is 18.5 Å². The van der Waals surface area contributed by atoms with Gasteiger partial charge in [0.25, 0.3) is 0 Å². The van der Waals surface area contributed by atoms with Gasteiger partial charge >= 0.3 is 0 Å². The van der Waals surface area contributed by atoms with E-state index >= 15 is 0 Å². The molecule has 0 unspecified atom stereocenters. The van der Waals surface area contributed by atoms with Crippen LogP contribution in [0.4, 0.5) is 0 Å². The van der Waals surface area contributed by atoms with Gasteiger partial charge in [-0.25, -0.2) is 0 Å². The zero-order valence-electron chi connectivity index (χ0n) is 9.26. The van der Waals surface area contributed by atoms with Crippen LogP contribution >= 0.6 is 0 Å². The minimum atomic E-state index is -0.0472. The highest BCUT2D eigenvalue weighted by Gasteiger charge is 2.14. The molecule has 16 heavy (non-hydrogen) atoms. The summed E-state index contributed by atoms with van der Waals surface area (Å²) >= 11 is 0. The summed E-state index contributed by atoms with van der Waals surface area (Å²) < 4.78 is 11.0. The third kappa shape index (κ3) is 3.18. The highest BCUT2D eigenvalue weighted by molar-refractivity contribution is 5.22. The molecule has 1 saturated heterocycles. The van der Waals surface area contributed by atoms with E-state index in [9.17, 15) is 0 Å². The summed E-state index contributed by atoms with van der Waals surface area (Å²) in [7, 11) is 0. The lowest BCUT2D eigenvalue weighted by atomic mass is 10.0. The van der Waals surface area contributed by atoms with Gasteiger partial charge in [-0.15, -0.1) is 0 Å². The first kappa shape index (κ1) is 11.4. The molecule has 2 heterocycles. The Morgan fingerprint density at radius 3 is 3.00 bits per heavy atom. The minimum absolute atomic E-state index is 0.0472. The molecular weight excluding hydrogens is 206 g/mol. The molecule has 1 aliphatic rings. The Morgan fingerprint density at radius 1 is 1.44 bits per heavy atom. The van der Waals surface area contributed by atoms with E-state index < -0.39 is 0 Å². The normalized spacial score (nSPS) is 17.3. The Hall–Kier alpha value is -1.13. The van der Waals surface area contributed by atoms with Crippen molar-refractivity contribution < 1.29 is 14.6 Å². The average molecular weight is 223 g/mol. The van der Waals surface area contributed by atoms with E-state index in [1.807, 2.05) is 6.07 Å². The summed E-state index contributed by atoms with van der Waals surface area (Å²) in [5.74, 6) is 1.37. The Balaban J connectivity index is 1.83. The van der Waals surface area contributed by atoms with Crippen molar-refractivity contribution in [3.63, 3.8) is 0 Å². The van der Waals surface area contributed by atoms with Crippen molar-refractivity contribution in [3.8, 4) is 5.75 Å². The maximum absolute atomic E-state index is 8.94. The van der Waals surface area contributed by atoms with Crippen LogP contribution in [-0.2, 0) is 11.3 Å². The van der Waals surface area contributed by atoms with E-state index in [2.05, 4.69) is 4.98 Å². The van der Waals surface area contributed by atoms with Crippen molar-refractivity contribution in [2.45, 2.75) is 19.4 Å². The first-order valence-corrected chi connectivity index (χ1v) is 5.65. The van der Waals surface area contributed by atoms with E-state index in [-0.39, 0.29) is 6.61 Å². The highest BCUT2D eigenvalue weighted by Crippen LogP contribution is 2.17. The Morgan fingerprint density at radius 2 is 2.25 bits per heavy atom. The van der Waals surface area contributed by atoms with Crippen molar-refractivity contribution >= 4 is 0 Å². The molecule has 0 aromatic carbocycles. The van der Waals surface area contributed by atoms with Crippen molar-refractivity contribution in [3.05, 3.63) is 24.0 Å². The van der Waals surface area contributed by atoms with Crippen LogP contribution < -0.4 is 4.74 Å². The fourth-order valence-electron chi connectivity index (χ4n) is 1.76. The monoisotopic (exact) mass is 223 g/mol. The number of nitrogens with zero attached hydrogens (tertiary/aromatic N) is 1. The van der Waals surface area contributed by atoms with E-state index in [1.54, 1.807) is 12.3 Å². The molecule has 0 aliphatic carbocycles.